The summed E-state index contributed by atoms with van der Waals surface area (Å²) in [5.41, 5.74) is 1.82. The van der Waals surface area contributed by atoms with Crippen LogP contribution in [0.5, 0.6) is 11.5 Å². The molecule has 2 N–H and O–H groups in total. The van der Waals surface area contributed by atoms with Crippen molar-refractivity contribution in [3.8, 4) is 17.6 Å². The van der Waals surface area contributed by atoms with E-state index in [0.29, 0.717) is 40.8 Å². The van der Waals surface area contributed by atoms with Crippen LogP contribution in [-0.2, 0) is 27.2 Å². The summed E-state index contributed by atoms with van der Waals surface area (Å²) in [6.45, 7) is 3.62. The van der Waals surface area contributed by atoms with Gasteiger partial charge in [-0.15, -0.1) is 11.3 Å². The van der Waals surface area contributed by atoms with Crippen molar-refractivity contribution < 1.29 is 28.6 Å². The van der Waals surface area contributed by atoms with Crippen LogP contribution in [0.4, 0.5) is 5.00 Å². The molecule has 1 aromatic heterocycles. The lowest BCUT2D eigenvalue weighted by Crippen LogP contribution is -2.32. The number of hydrogen-bond acceptors (Lipinski definition) is 8. The molecule has 0 saturated carbocycles. The van der Waals surface area contributed by atoms with Crippen molar-refractivity contribution in [3.63, 3.8) is 0 Å². The predicted molar refractivity (Wildman–Crippen MR) is 131 cm³/mol. The Labute approximate surface area is 208 Å². The molecule has 0 saturated heterocycles. The summed E-state index contributed by atoms with van der Waals surface area (Å²) in [5.74, 6) is -0.826. The number of esters is 1. The molecule has 0 spiro atoms. The van der Waals surface area contributed by atoms with Gasteiger partial charge in [-0.25, -0.2) is 0 Å². The number of nitriles is 1. The monoisotopic (exact) mass is 499 g/mol. The number of carbonyl (C=O) groups excluding carboxylic acids is 3. The van der Waals surface area contributed by atoms with E-state index < -0.39 is 30.9 Å². The fourth-order valence-electron chi connectivity index (χ4n) is 3.76. The smallest absolute Gasteiger partial charge is 0.325 e. The van der Waals surface area contributed by atoms with Gasteiger partial charge in [0, 0.05) is 10.4 Å². The van der Waals surface area contributed by atoms with Crippen LogP contribution in [-0.4, -0.2) is 44.1 Å². The third-order valence-electron chi connectivity index (χ3n) is 5.35. The van der Waals surface area contributed by atoms with Crippen molar-refractivity contribution in [1.82, 2.24) is 5.32 Å². The summed E-state index contributed by atoms with van der Waals surface area (Å²) in [6, 6.07) is 6.93. The molecule has 0 atom stereocenters. The van der Waals surface area contributed by atoms with Gasteiger partial charge in [0.2, 0.25) is 0 Å². The Balaban J connectivity index is 1.49. The highest BCUT2D eigenvalue weighted by molar-refractivity contribution is 7.16. The lowest BCUT2D eigenvalue weighted by Gasteiger charge is -2.12. The number of hydrogen-bond donors (Lipinski definition) is 2. The minimum atomic E-state index is -0.757. The van der Waals surface area contributed by atoms with Crippen LogP contribution < -0.4 is 20.1 Å². The maximum Gasteiger partial charge on any atom is 0.325 e. The Morgan fingerprint density at radius 3 is 2.54 bits per heavy atom. The highest BCUT2D eigenvalue weighted by atomic mass is 32.1. The van der Waals surface area contributed by atoms with Crippen molar-refractivity contribution in [2.45, 2.75) is 46.0 Å². The molecule has 35 heavy (non-hydrogen) atoms. The van der Waals surface area contributed by atoms with Crippen LogP contribution in [0.15, 0.2) is 18.2 Å². The summed E-state index contributed by atoms with van der Waals surface area (Å²) in [6.07, 6.45) is 4.96. The van der Waals surface area contributed by atoms with Crippen molar-refractivity contribution in [3.05, 3.63) is 39.8 Å². The van der Waals surface area contributed by atoms with Gasteiger partial charge in [-0.1, -0.05) is 6.42 Å². The van der Waals surface area contributed by atoms with Gasteiger partial charge in [-0.05, 0) is 63.3 Å². The summed E-state index contributed by atoms with van der Waals surface area (Å²) in [7, 11) is 0. The molecule has 0 bridgehead atoms. The quantitative estimate of drug-likeness (QED) is 0.378. The highest BCUT2D eigenvalue weighted by Gasteiger charge is 2.21. The van der Waals surface area contributed by atoms with Gasteiger partial charge in [-0.2, -0.15) is 5.26 Å². The normalized spacial score (nSPS) is 12.5. The number of amides is 2. The van der Waals surface area contributed by atoms with E-state index in [9.17, 15) is 19.6 Å². The van der Waals surface area contributed by atoms with Crippen LogP contribution >= 0.6 is 11.3 Å². The van der Waals surface area contributed by atoms with E-state index in [-0.39, 0.29) is 0 Å². The SMILES string of the molecule is CCOc1ccc(C(=O)NCC(=O)OCC(=O)Nc2sc3c(c2C#N)CCCCC3)cc1OCC. The minimum Gasteiger partial charge on any atom is -0.490 e. The first-order valence-electron chi connectivity index (χ1n) is 11.6. The molecule has 0 unspecified atom stereocenters. The number of benzene rings is 1. The highest BCUT2D eigenvalue weighted by Crippen LogP contribution is 2.37. The van der Waals surface area contributed by atoms with E-state index in [1.165, 1.54) is 17.4 Å². The first kappa shape index (κ1) is 26.0. The Morgan fingerprint density at radius 1 is 1.06 bits per heavy atom. The molecule has 10 heteroatoms. The molecule has 9 nitrogen and oxygen atoms in total. The number of carbonyl (C=O) groups is 3. The molecule has 2 amide bonds. The van der Waals surface area contributed by atoms with Crippen molar-refractivity contribution in [2.24, 2.45) is 0 Å². The molecule has 186 valence electrons. The van der Waals surface area contributed by atoms with Gasteiger partial charge in [0.05, 0.1) is 18.8 Å². The van der Waals surface area contributed by atoms with Crippen molar-refractivity contribution in [2.75, 3.05) is 31.7 Å². The number of anilines is 1. The minimum absolute atomic E-state index is 0.295. The van der Waals surface area contributed by atoms with Crippen molar-refractivity contribution in [1.29, 1.82) is 5.26 Å². The summed E-state index contributed by atoms with van der Waals surface area (Å²) >= 11 is 1.41. The van der Waals surface area contributed by atoms with E-state index in [1.54, 1.807) is 12.1 Å². The van der Waals surface area contributed by atoms with Crippen molar-refractivity contribution >= 4 is 34.1 Å². The zero-order chi connectivity index (χ0) is 25.2. The molecule has 0 radical (unpaired) electrons. The fourth-order valence-corrected chi connectivity index (χ4v) is 5.01. The average molecular weight is 500 g/mol. The zero-order valence-electron chi connectivity index (χ0n) is 19.9. The predicted octanol–water partition coefficient (Wildman–Crippen LogP) is 3.60. The van der Waals surface area contributed by atoms with Crippen LogP contribution in [0.2, 0.25) is 0 Å². The Kier molecular flexibility index (Phi) is 9.49. The molecule has 0 aliphatic heterocycles. The second-order valence-electron chi connectivity index (χ2n) is 7.80. The maximum absolute atomic E-state index is 12.4. The number of ether oxygens (including phenoxy) is 3. The first-order valence-corrected chi connectivity index (χ1v) is 12.5. The molecular formula is C25H29N3O6S. The van der Waals surface area contributed by atoms with Crippen LogP contribution in [0.1, 0.15) is 59.5 Å². The van der Waals surface area contributed by atoms with Gasteiger partial charge in [0.15, 0.2) is 18.1 Å². The largest absolute Gasteiger partial charge is 0.490 e. The molecule has 3 rings (SSSR count). The molecule has 1 heterocycles. The lowest BCUT2D eigenvalue weighted by molar-refractivity contribution is -0.146. The Morgan fingerprint density at radius 2 is 1.80 bits per heavy atom. The molecule has 1 aliphatic carbocycles. The Hall–Kier alpha value is -3.58. The molecular weight excluding hydrogens is 470 g/mol. The lowest BCUT2D eigenvalue weighted by atomic mass is 10.1. The van der Waals surface area contributed by atoms with E-state index in [0.717, 1.165) is 42.5 Å². The van der Waals surface area contributed by atoms with E-state index in [1.807, 2.05) is 13.8 Å². The molecule has 2 aromatic rings. The summed E-state index contributed by atoms with van der Waals surface area (Å²) in [4.78, 5) is 37.9. The summed E-state index contributed by atoms with van der Waals surface area (Å²) in [5, 5.41) is 15.2. The van der Waals surface area contributed by atoms with Crippen LogP contribution in [0.3, 0.4) is 0 Å². The van der Waals surface area contributed by atoms with Gasteiger partial charge in [0.25, 0.3) is 11.8 Å². The van der Waals surface area contributed by atoms with E-state index in [4.69, 9.17) is 14.2 Å². The second-order valence-corrected chi connectivity index (χ2v) is 8.90. The van der Waals surface area contributed by atoms with E-state index in [2.05, 4.69) is 16.7 Å². The second kappa shape index (κ2) is 12.8. The molecule has 0 fully saturated rings. The third-order valence-corrected chi connectivity index (χ3v) is 6.56. The first-order chi connectivity index (χ1) is 17.0. The van der Waals surface area contributed by atoms with Gasteiger partial charge in [0.1, 0.15) is 17.6 Å². The standard InChI is InChI=1S/C25H29N3O6S/c1-3-32-19-11-10-16(12-20(19)33-4-2)24(31)27-14-23(30)34-15-22(29)28-25-18(13-26)17-8-6-5-7-9-21(17)35-25/h10-12H,3-9,14-15H2,1-2H3,(H,27,31)(H,28,29). The van der Waals surface area contributed by atoms with Gasteiger partial charge >= 0.3 is 5.97 Å². The molecule has 1 aliphatic rings. The topological polar surface area (TPSA) is 127 Å². The summed E-state index contributed by atoms with van der Waals surface area (Å²) < 4.78 is 16.0. The van der Waals surface area contributed by atoms with Crippen LogP contribution in [0.25, 0.3) is 0 Å². The van der Waals surface area contributed by atoms with Gasteiger partial charge in [-0.3, -0.25) is 14.4 Å². The third kappa shape index (κ3) is 6.96. The number of fused-ring (bicyclic) bond motifs is 1. The fraction of sp³-hybridized carbons (Fsp3) is 0.440. The number of thiophene rings is 1. The number of rotatable bonds is 10. The number of nitrogens with zero attached hydrogens (tertiary/aromatic N) is 1. The van der Waals surface area contributed by atoms with E-state index >= 15 is 0 Å². The number of nitrogens with one attached hydrogen (secondary N) is 2. The van der Waals surface area contributed by atoms with Crippen LogP contribution in [0, 0.1) is 11.3 Å². The zero-order valence-corrected chi connectivity index (χ0v) is 20.7. The van der Waals surface area contributed by atoms with Gasteiger partial charge < -0.3 is 24.8 Å². The average Bonchev–Trinajstić information content (AvgIpc) is 3.00. The maximum atomic E-state index is 12.4. The molecule has 1 aromatic carbocycles. The number of aryl methyl sites for hydroxylation is 1. The Bertz CT molecular complexity index is 1120.